The highest BCUT2D eigenvalue weighted by Crippen LogP contribution is 2.32. The lowest BCUT2D eigenvalue weighted by Crippen LogP contribution is -2.43. The molecule has 1 aromatic rings. The SMILES string of the molecule is CCOCCCNC(=NC)NCC(C)(C)c1ccc(OC)c(OC)c1. The second kappa shape index (κ2) is 10.8. The number of hydrogen-bond donors (Lipinski definition) is 2. The van der Waals surface area contributed by atoms with E-state index in [0.29, 0.717) is 0 Å². The monoisotopic (exact) mass is 351 g/mol. The van der Waals surface area contributed by atoms with Crippen LogP contribution in [0.1, 0.15) is 32.8 Å². The Morgan fingerprint density at radius 1 is 1.12 bits per heavy atom. The van der Waals surface area contributed by atoms with Crippen molar-refractivity contribution in [3.05, 3.63) is 23.8 Å². The van der Waals surface area contributed by atoms with E-state index in [-0.39, 0.29) is 5.41 Å². The van der Waals surface area contributed by atoms with Gasteiger partial charge >= 0.3 is 0 Å². The van der Waals surface area contributed by atoms with Gasteiger partial charge in [-0.2, -0.15) is 0 Å². The lowest BCUT2D eigenvalue weighted by atomic mass is 9.84. The molecule has 0 heterocycles. The minimum absolute atomic E-state index is 0.0947. The molecule has 0 aliphatic heterocycles. The van der Waals surface area contributed by atoms with E-state index in [1.807, 2.05) is 19.1 Å². The van der Waals surface area contributed by atoms with Crippen LogP contribution in [0.5, 0.6) is 11.5 Å². The summed E-state index contributed by atoms with van der Waals surface area (Å²) in [5.41, 5.74) is 1.08. The second-order valence-corrected chi connectivity index (χ2v) is 6.36. The Morgan fingerprint density at radius 3 is 2.44 bits per heavy atom. The van der Waals surface area contributed by atoms with Crippen molar-refractivity contribution in [1.29, 1.82) is 0 Å². The van der Waals surface area contributed by atoms with Crippen LogP contribution in [0.2, 0.25) is 0 Å². The first-order valence-electron chi connectivity index (χ1n) is 8.73. The van der Waals surface area contributed by atoms with Crippen molar-refractivity contribution in [3.63, 3.8) is 0 Å². The van der Waals surface area contributed by atoms with Crippen molar-refractivity contribution in [2.24, 2.45) is 4.99 Å². The summed E-state index contributed by atoms with van der Waals surface area (Å²) in [7, 11) is 5.08. The van der Waals surface area contributed by atoms with Gasteiger partial charge in [0.25, 0.3) is 0 Å². The van der Waals surface area contributed by atoms with E-state index >= 15 is 0 Å². The molecule has 0 bridgehead atoms. The minimum atomic E-state index is -0.0947. The molecule has 0 saturated heterocycles. The van der Waals surface area contributed by atoms with Crippen molar-refractivity contribution in [1.82, 2.24) is 10.6 Å². The molecule has 6 heteroatoms. The van der Waals surface area contributed by atoms with Gasteiger partial charge in [0.2, 0.25) is 0 Å². The maximum absolute atomic E-state index is 5.41. The van der Waals surface area contributed by atoms with E-state index in [2.05, 4.69) is 35.5 Å². The van der Waals surface area contributed by atoms with Crippen LogP contribution >= 0.6 is 0 Å². The van der Waals surface area contributed by atoms with Gasteiger partial charge in [-0.15, -0.1) is 0 Å². The number of hydrogen-bond acceptors (Lipinski definition) is 4. The van der Waals surface area contributed by atoms with Crippen LogP contribution in [0, 0.1) is 0 Å². The maximum Gasteiger partial charge on any atom is 0.191 e. The molecule has 0 aromatic heterocycles. The molecule has 0 atom stereocenters. The quantitative estimate of drug-likeness (QED) is 0.385. The van der Waals surface area contributed by atoms with Crippen molar-refractivity contribution in [2.75, 3.05) is 47.6 Å². The van der Waals surface area contributed by atoms with Crippen LogP contribution in [-0.2, 0) is 10.2 Å². The molecule has 0 radical (unpaired) electrons. The lowest BCUT2D eigenvalue weighted by molar-refractivity contribution is 0.145. The summed E-state index contributed by atoms with van der Waals surface area (Å²) in [5, 5.41) is 6.70. The summed E-state index contributed by atoms with van der Waals surface area (Å²) in [6.45, 7) is 9.46. The summed E-state index contributed by atoms with van der Waals surface area (Å²) in [6, 6.07) is 6.04. The maximum atomic E-state index is 5.41. The predicted molar refractivity (Wildman–Crippen MR) is 103 cm³/mol. The molecule has 0 amide bonds. The van der Waals surface area contributed by atoms with Crippen LogP contribution < -0.4 is 20.1 Å². The summed E-state index contributed by atoms with van der Waals surface area (Å²) in [6.07, 6.45) is 0.952. The van der Waals surface area contributed by atoms with E-state index in [9.17, 15) is 0 Å². The van der Waals surface area contributed by atoms with E-state index in [0.717, 1.165) is 50.2 Å². The van der Waals surface area contributed by atoms with Crippen LogP contribution in [-0.4, -0.2) is 53.5 Å². The Hall–Kier alpha value is -1.95. The number of nitrogens with one attached hydrogen (secondary N) is 2. The largest absolute Gasteiger partial charge is 0.493 e. The zero-order chi connectivity index (χ0) is 18.7. The molecule has 6 nitrogen and oxygen atoms in total. The normalized spacial score (nSPS) is 12.0. The van der Waals surface area contributed by atoms with Crippen LogP contribution in [0.15, 0.2) is 23.2 Å². The van der Waals surface area contributed by atoms with Crippen LogP contribution in [0.4, 0.5) is 0 Å². The van der Waals surface area contributed by atoms with E-state index in [1.165, 1.54) is 5.56 Å². The number of rotatable bonds is 10. The average molecular weight is 351 g/mol. The van der Waals surface area contributed by atoms with Gasteiger partial charge in [0.1, 0.15) is 0 Å². The molecular weight excluding hydrogens is 318 g/mol. The smallest absolute Gasteiger partial charge is 0.191 e. The van der Waals surface area contributed by atoms with Gasteiger partial charge in [0, 0.05) is 38.8 Å². The number of aliphatic imine (C=N–C) groups is 1. The van der Waals surface area contributed by atoms with Gasteiger partial charge in [-0.3, -0.25) is 4.99 Å². The summed E-state index contributed by atoms with van der Waals surface area (Å²) in [5.74, 6) is 2.28. The number of ether oxygens (including phenoxy) is 3. The van der Waals surface area contributed by atoms with Gasteiger partial charge in [-0.05, 0) is 31.0 Å². The van der Waals surface area contributed by atoms with E-state index in [4.69, 9.17) is 14.2 Å². The Balaban J connectivity index is 2.61. The molecular formula is C19H33N3O3. The van der Waals surface area contributed by atoms with Crippen molar-refractivity contribution >= 4 is 5.96 Å². The van der Waals surface area contributed by atoms with Crippen molar-refractivity contribution in [3.8, 4) is 11.5 Å². The molecule has 0 aliphatic carbocycles. The Bertz CT molecular complexity index is 545. The van der Waals surface area contributed by atoms with Gasteiger partial charge in [-0.25, -0.2) is 0 Å². The Kier molecular flexibility index (Phi) is 9.13. The summed E-state index contributed by atoms with van der Waals surface area (Å²) in [4.78, 5) is 4.27. The highest BCUT2D eigenvalue weighted by Gasteiger charge is 2.22. The Labute approximate surface area is 152 Å². The molecule has 0 aliphatic rings. The molecule has 0 unspecified atom stereocenters. The van der Waals surface area contributed by atoms with E-state index < -0.39 is 0 Å². The van der Waals surface area contributed by atoms with Gasteiger partial charge < -0.3 is 24.8 Å². The molecule has 0 fully saturated rings. The van der Waals surface area contributed by atoms with Crippen molar-refractivity contribution < 1.29 is 14.2 Å². The third kappa shape index (κ3) is 6.82. The lowest BCUT2D eigenvalue weighted by Gasteiger charge is -2.27. The van der Waals surface area contributed by atoms with Crippen LogP contribution in [0.3, 0.4) is 0 Å². The topological polar surface area (TPSA) is 64.1 Å². The molecule has 2 N–H and O–H groups in total. The predicted octanol–water partition coefficient (Wildman–Crippen LogP) is 2.57. The molecule has 0 saturated carbocycles. The second-order valence-electron chi connectivity index (χ2n) is 6.36. The first-order valence-corrected chi connectivity index (χ1v) is 8.73. The van der Waals surface area contributed by atoms with Crippen LogP contribution in [0.25, 0.3) is 0 Å². The molecule has 25 heavy (non-hydrogen) atoms. The van der Waals surface area contributed by atoms with E-state index in [1.54, 1.807) is 21.3 Å². The minimum Gasteiger partial charge on any atom is -0.493 e. The number of guanidine groups is 1. The first kappa shape index (κ1) is 21.1. The standard InChI is InChI=1S/C19H33N3O3/c1-7-25-12-8-11-21-18(20-4)22-14-19(2,3)15-9-10-16(23-5)17(13-15)24-6/h9-10,13H,7-8,11-12,14H2,1-6H3,(H2,20,21,22). The highest BCUT2D eigenvalue weighted by molar-refractivity contribution is 5.79. The fraction of sp³-hybridized carbons (Fsp3) is 0.632. The molecule has 142 valence electrons. The number of benzene rings is 1. The van der Waals surface area contributed by atoms with Crippen molar-refractivity contribution in [2.45, 2.75) is 32.6 Å². The first-order chi connectivity index (χ1) is 12.0. The zero-order valence-corrected chi connectivity index (χ0v) is 16.4. The molecule has 1 aromatic carbocycles. The van der Waals surface area contributed by atoms with Gasteiger partial charge in [0.05, 0.1) is 14.2 Å². The van der Waals surface area contributed by atoms with Gasteiger partial charge in [0.15, 0.2) is 17.5 Å². The summed E-state index contributed by atoms with van der Waals surface area (Å²) < 4.78 is 16.1. The average Bonchev–Trinajstić information content (AvgIpc) is 2.63. The molecule has 0 spiro atoms. The Morgan fingerprint density at radius 2 is 1.84 bits per heavy atom. The zero-order valence-electron chi connectivity index (χ0n) is 16.4. The number of nitrogens with zero attached hydrogens (tertiary/aromatic N) is 1. The fourth-order valence-electron chi connectivity index (χ4n) is 2.41. The van der Waals surface area contributed by atoms with Gasteiger partial charge in [-0.1, -0.05) is 19.9 Å². The number of methoxy groups -OCH3 is 2. The summed E-state index contributed by atoms with van der Waals surface area (Å²) >= 11 is 0. The molecule has 1 rings (SSSR count). The highest BCUT2D eigenvalue weighted by atomic mass is 16.5. The third-order valence-electron chi connectivity index (χ3n) is 4.05. The third-order valence-corrected chi connectivity index (χ3v) is 4.05. The fourth-order valence-corrected chi connectivity index (χ4v) is 2.41.